The maximum Gasteiger partial charge on any atom is 0.417 e. The lowest BCUT2D eigenvalue weighted by atomic mass is 10.0. The molecule has 0 aliphatic carbocycles. The van der Waals surface area contributed by atoms with Gasteiger partial charge in [-0.05, 0) is 38.0 Å². The summed E-state index contributed by atoms with van der Waals surface area (Å²) in [6, 6.07) is 6.80. The summed E-state index contributed by atoms with van der Waals surface area (Å²) in [6.45, 7) is 6.06. The van der Waals surface area contributed by atoms with Crippen molar-refractivity contribution >= 4 is 5.91 Å². The van der Waals surface area contributed by atoms with Crippen LogP contribution in [0.1, 0.15) is 49.5 Å². The smallest absolute Gasteiger partial charge is 0.417 e. The summed E-state index contributed by atoms with van der Waals surface area (Å²) in [7, 11) is 1.53. The van der Waals surface area contributed by atoms with Crippen molar-refractivity contribution < 1.29 is 27.4 Å². The third-order valence-corrected chi connectivity index (χ3v) is 5.66. The summed E-state index contributed by atoms with van der Waals surface area (Å²) in [4.78, 5) is 20.6. The number of ether oxygens (including phenoxy) is 2. The number of carbonyl (C=O) groups is 1. The van der Waals surface area contributed by atoms with Crippen LogP contribution in [-0.2, 0) is 6.18 Å². The molecular weight excluding hydrogens is 463 g/mol. The summed E-state index contributed by atoms with van der Waals surface area (Å²) in [5.41, 5.74) is -0.00889. The third kappa shape index (κ3) is 5.90. The quantitative estimate of drug-likeness (QED) is 0.406. The first kappa shape index (κ1) is 26.0. The molecule has 1 aromatic carbocycles. The molecule has 2 heterocycles. The Kier molecular flexibility index (Phi) is 8.31. The van der Waals surface area contributed by atoms with Gasteiger partial charge in [0.1, 0.15) is 17.5 Å². The highest BCUT2D eigenvalue weighted by atomic mass is 19.4. The van der Waals surface area contributed by atoms with Gasteiger partial charge in [0.05, 0.1) is 36.7 Å². The largest absolute Gasteiger partial charge is 0.497 e. The molecule has 0 radical (unpaired) electrons. The SMILES string of the molecule is CCC(Oc1ccc(C(F)(F)F)cn1)C(CC)N(CC)C(=O)c1ccc(OC)cc1-n1nccn1. The minimum atomic E-state index is -4.48. The third-order valence-electron chi connectivity index (χ3n) is 5.66. The second kappa shape index (κ2) is 11.2. The Morgan fingerprint density at radius 3 is 2.31 bits per heavy atom. The fraction of sp³-hybridized carbons (Fsp3) is 0.417. The minimum Gasteiger partial charge on any atom is -0.497 e. The lowest BCUT2D eigenvalue weighted by molar-refractivity contribution is -0.137. The monoisotopic (exact) mass is 491 g/mol. The Labute approximate surface area is 201 Å². The van der Waals surface area contributed by atoms with E-state index in [1.807, 2.05) is 20.8 Å². The molecule has 3 aromatic rings. The number of rotatable bonds is 10. The highest BCUT2D eigenvalue weighted by Gasteiger charge is 2.33. The van der Waals surface area contributed by atoms with Crippen molar-refractivity contribution in [2.75, 3.05) is 13.7 Å². The van der Waals surface area contributed by atoms with Crippen LogP contribution in [0.5, 0.6) is 11.6 Å². The van der Waals surface area contributed by atoms with E-state index in [-0.39, 0.29) is 17.8 Å². The maximum absolute atomic E-state index is 13.7. The van der Waals surface area contributed by atoms with Crippen LogP contribution in [0, 0.1) is 0 Å². The Balaban J connectivity index is 1.90. The van der Waals surface area contributed by atoms with Crippen LogP contribution in [0.25, 0.3) is 5.69 Å². The van der Waals surface area contributed by atoms with Gasteiger partial charge in [-0.3, -0.25) is 4.79 Å². The Morgan fingerprint density at radius 1 is 1.09 bits per heavy atom. The van der Waals surface area contributed by atoms with E-state index in [2.05, 4.69) is 15.2 Å². The number of hydrogen-bond donors (Lipinski definition) is 0. The molecule has 2 unspecified atom stereocenters. The van der Waals surface area contributed by atoms with Crippen LogP contribution >= 0.6 is 0 Å². The molecule has 0 spiro atoms. The molecule has 0 aliphatic heterocycles. The molecule has 3 rings (SSSR count). The van der Waals surface area contributed by atoms with Crippen molar-refractivity contribution in [3.8, 4) is 17.3 Å². The normalized spacial score (nSPS) is 13.2. The predicted octanol–water partition coefficient (Wildman–Crippen LogP) is 4.79. The van der Waals surface area contributed by atoms with Crippen LogP contribution in [0.15, 0.2) is 48.9 Å². The topological polar surface area (TPSA) is 82.4 Å². The number of pyridine rings is 1. The lowest BCUT2D eigenvalue weighted by Gasteiger charge is -2.36. The van der Waals surface area contributed by atoms with Crippen LogP contribution in [0.3, 0.4) is 0 Å². The summed E-state index contributed by atoms with van der Waals surface area (Å²) < 4.78 is 49.9. The molecule has 2 atom stereocenters. The van der Waals surface area contributed by atoms with E-state index in [0.717, 1.165) is 12.3 Å². The number of hydrogen-bond acceptors (Lipinski definition) is 6. The zero-order valence-electron chi connectivity index (χ0n) is 20.0. The second-order valence-corrected chi connectivity index (χ2v) is 7.72. The molecule has 2 aromatic heterocycles. The molecule has 1 amide bonds. The number of methoxy groups -OCH3 is 1. The molecule has 11 heteroatoms. The molecule has 8 nitrogen and oxygen atoms in total. The van der Waals surface area contributed by atoms with Crippen molar-refractivity contribution in [2.24, 2.45) is 0 Å². The van der Waals surface area contributed by atoms with E-state index in [1.165, 1.54) is 30.4 Å². The Bertz CT molecular complexity index is 1100. The average Bonchev–Trinajstić information content (AvgIpc) is 3.40. The molecule has 0 fully saturated rings. The number of benzene rings is 1. The van der Waals surface area contributed by atoms with Crippen molar-refractivity contribution in [1.29, 1.82) is 0 Å². The van der Waals surface area contributed by atoms with E-state index in [1.54, 1.807) is 23.1 Å². The van der Waals surface area contributed by atoms with Gasteiger partial charge in [0.15, 0.2) is 0 Å². The first-order valence-electron chi connectivity index (χ1n) is 11.3. The van der Waals surface area contributed by atoms with Gasteiger partial charge in [0.25, 0.3) is 5.91 Å². The predicted molar refractivity (Wildman–Crippen MR) is 123 cm³/mol. The highest BCUT2D eigenvalue weighted by Crippen LogP contribution is 2.30. The maximum atomic E-state index is 13.7. The first-order valence-corrected chi connectivity index (χ1v) is 11.3. The minimum absolute atomic E-state index is 0.0673. The van der Waals surface area contributed by atoms with Crippen molar-refractivity contribution in [2.45, 2.75) is 51.9 Å². The number of amides is 1. The Morgan fingerprint density at radius 2 is 1.80 bits per heavy atom. The Hall–Kier alpha value is -3.63. The van der Waals surface area contributed by atoms with Crippen LogP contribution in [0.4, 0.5) is 13.2 Å². The second-order valence-electron chi connectivity index (χ2n) is 7.72. The van der Waals surface area contributed by atoms with Gasteiger partial charge < -0.3 is 14.4 Å². The molecule has 188 valence electrons. The summed E-state index contributed by atoms with van der Waals surface area (Å²) in [5.74, 6) is 0.362. The summed E-state index contributed by atoms with van der Waals surface area (Å²) in [6.07, 6.45) is -0.126. The van der Waals surface area contributed by atoms with Crippen molar-refractivity contribution in [3.05, 3.63) is 60.0 Å². The molecule has 0 saturated carbocycles. The fourth-order valence-corrected chi connectivity index (χ4v) is 3.90. The van der Waals surface area contributed by atoms with Crippen molar-refractivity contribution in [3.63, 3.8) is 0 Å². The standard InChI is InChI=1S/C24H28F3N5O3/c1-5-19(21(6-2)35-22-11-8-16(15-28-22)24(25,26)27)31(7-3)23(33)18-10-9-17(34-4)14-20(18)32-29-12-13-30-32/h8-15,19,21H,5-7H2,1-4H3. The van der Waals surface area contributed by atoms with Gasteiger partial charge in [-0.25, -0.2) is 4.98 Å². The fourth-order valence-electron chi connectivity index (χ4n) is 3.90. The van der Waals surface area contributed by atoms with E-state index in [0.29, 0.717) is 36.4 Å². The van der Waals surface area contributed by atoms with Gasteiger partial charge in [-0.1, -0.05) is 13.8 Å². The van der Waals surface area contributed by atoms with Gasteiger partial charge in [0.2, 0.25) is 5.88 Å². The lowest BCUT2D eigenvalue weighted by Crippen LogP contribution is -2.48. The van der Waals surface area contributed by atoms with Crippen LogP contribution in [0.2, 0.25) is 0 Å². The van der Waals surface area contributed by atoms with E-state index in [4.69, 9.17) is 9.47 Å². The zero-order chi connectivity index (χ0) is 25.6. The first-order chi connectivity index (χ1) is 16.7. The molecule has 0 saturated heterocycles. The van der Waals surface area contributed by atoms with Gasteiger partial charge >= 0.3 is 6.18 Å². The van der Waals surface area contributed by atoms with Gasteiger partial charge in [0, 0.05) is 24.9 Å². The van der Waals surface area contributed by atoms with Gasteiger partial charge in [-0.15, -0.1) is 0 Å². The molecule has 0 bridgehead atoms. The highest BCUT2D eigenvalue weighted by molar-refractivity contribution is 5.98. The average molecular weight is 492 g/mol. The molecular formula is C24H28F3N5O3. The van der Waals surface area contributed by atoms with E-state index in [9.17, 15) is 18.0 Å². The van der Waals surface area contributed by atoms with E-state index >= 15 is 0 Å². The number of nitrogens with zero attached hydrogens (tertiary/aromatic N) is 5. The summed E-state index contributed by atoms with van der Waals surface area (Å²) in [5, 5.41) is 8.31. The number of halogens is 3. The number of carbonyl (C=O) groups excluding carboxylic acids is 1. The summed E-state index contributed by atoms with van der Waals surface area (Å²) >= 11 is 0. The molecule has 35 heavy (non-hydrogen) atoms. The van der Waals surface area contributed by atoms with Crippen LogP contribution < -0.4 is 9.47 Å². The zero-order valence-corrected chi connectivity index (χ0v) is 20.0. The number of likely N-dealkylation sites (N-methyl/N-ethyl adjacent to an activating group) is 1. The van der Waals surface area contributed by atoms with Crippen LogP contribution in [-0.4, -0.2) is 56.6 Å². The number of alkyl halides is 3. The molecule has 0 aliphatic rings. The van der Waals surface area contributed by atoms with Crippen molar-refractivity contribution in [1.82, 2.24) is 24.9 Å². The number of aromatic nitrogens is 4. The molecule has 0 N–H and O–H groups in total. The van der Waals surface area contributed by atoms with E-state index < -0.39 is 17.8 Å². The van der Waals surface area contributed by atoms with Gasteiger partial charge in [-0.2, -0.15) is 28.2 Å².